The van der Waals surface area contributed by atoms with Crippen LogP contribution >= 0.6 is 22.9 Å². The maximum Gasteiger partial charge on any atom is 0.224 e. The highest BCUT2D eigenvalue weighted by atomic mass is 35.5. The number of aromatic nitrogens is 3. The maximum atomic E-state index is 12.2. The molecule has 4 nitrogen and oxygen atoms in total. The molecule has 0 aliphatic carbocycles. The molecule has 0 radical (unpaired) electrons. The van der Waals surface area contributed by atoms with E-state index < -0.39 is 0 Å². The summed E-state index contributed by atoms with van der Waals surface area (Å²) in [7, 11) is 1.70. The SMILES string of the molecule is Cc1nc(C)c(C(=O)c2c(Cl)cnn2C)s1. The van der Waals surface area contributed by atoms with E-state index in [1.807, 2.05) is 13.8 Å². The smallest absolute Gasteiger partial charge is 0.224 e. The van der Waals surface area contributed by atoms with Crippen molar-refractivity contribution in [1.82, 2.24) is 14.8 Å². The average Bonchev–Trinajstić information content (AvgIpc) is 2.70. The van der Waals surface area contributed by atoms with Gasteiger partial charge in [0.25, 0.3) is 0 Å². The fourth-order valence-corrected chi connectivity index (χ4v) is 2.63. The molecular weight excluding hydrogens is 246 g/mol. The van der Waals surface area contributed by atoms with E-state index in [1.54, 1.807) is 7.05 Å². The number of halogens is 1. The van der Waals surface area contributed by atoms with Crippen LogP contribution in [0.2, 0.25) is 5.02 Å². The molecule has 16 heavy (non-hydrogen) atoms. The van der Waals surface area contributed by atoms with Crippen molar-refractivity contribution in [2.75, 3.05) is 0 Å². The summed E-state index contributed by atoms with van der Waals surface area (Å²) in [4.78, 5) is 17.1. The van der Waals surface area contributed by atoms with Crippen LogP contribution < -0.4 is 0 Å². The molecule has 0 N–H and O–H groups in total. The molecule has 0 bridgehead atoms. The lowest BCUT2D eigenvalue weighted by Crippen LogP contribution is -2.08. The number of nitrogens with zero attached hydrogens (tertiary/aromatic N) is 3. The summed E-state index contributed by atoms with van der Waals surface area (Å²) in [6, 6.07) is 0. The highest BCUT2D eigenvalue weighted by Crippen LogP contribution is 2.24. The van der Waals surface area contributed by atoms with E-state index in [2.05, 4.69) is 10.1 Å². The van der Waals surface area contributed by atoms with Crippen molar-refractivity contribution in [2.45, 2.75) is 13.8 Å². The Morgan fingerprint density at radius 2 is 2.19 bits per heavy atom. The quantitative estimate of drug-likeness (QED) is 0.774. The lowest BCUT2D eigenvalue weighted by molar-refractivity contribution is 0.103. The minimum absolute atomic E-state index is 0.117. The first-order valence-electron chi connectivity index (χ1n) is 4.67. The van der Waals surface area contributed by atoms with Crippen LogP contribution in [-0.4, -0.2) is 20.5 Å². The van der Waals surface area contributed by atoms with Crippen molar-refractivity contribution in [3.63, 3.8) is 0 Å². The van der Waals surface area contributed by atoms with Crippen molar-refractivity contribution in [3.05, 3.63) is 32.5 Å². The van der Waals surface area contributed by atoms with Crippen LogP contribution in [0.3, 0.4) is 0 Å². The van der Waals surface area contributed by atoms with Gasteiger partial charge in [-0.05, 0) is 13.8 Å². The second-order valence-electron chi connectivity index (χ2n) is 3.44. The van der Waals surface area contributed by atoms with Gasteiger partial charge in [0.1, 0.15) is 5.69 Å². The number of thiazole rings is 1. The Bertz CT molecular complexity index is 539. The molecule has 84 valence electrons. The van der Waals surface area contributed by atoms with Gasteiger partial charge >= 0.3 is 0 Å². The monoisotopic (exact) mass is 255 g/mol. The standard InChI is InChI=1S/C10H10ClN3OS/c1-5-10(16-6(2)13-5)9(15)8-7(11)4-12-14(8)3/h4H,1-3H3. The summed E-state index contributed by atoms with van der Waals surface area (Å²) in [6.07, 6.45) is 1.47. The molecule has 0 aliphatic rings. The Balaban J connectivity index is 2.51. The fraction of sp³-hybridized carbons (Fsp3) is 0.300. The maximum absolute atomic E-state index is 12.2. The van der Waals surface area contributed by atoms with Gasteiger partial charge in [-0.15, -0.1) is 11.3 Å². The van der Waals surface area contributed by atoms with Crippen molar-refractivity contribution in [3.8, 4) is 0 Å². The molecule has 2 heterocycles. The summed E-state index contributed by atoms with van der Waals surface area (Å²) >= 11 is 7.31. The van der Waals surface area contributed by atoms with Crippen LogP contribution in [0.15, 0.2) is 6.20 Å². The van der Waals surface area contributed by atoms with E-state index in [1.165, 1.54) is 22.2 Å². The Morgan fingerprint density at radius 3 is 2.62 bits per heavy atom. The molecular formula is C10H10ClN3OS. The van der Waals surface area contributed by atoms with Crippen LogP contribution in [0.1, 0.15) is 26.1 Å². The fourth-order valence-electron chi connectivity index (χ4n) is 1.52. The third-order valence-corrected chi connectivity index (χ3v) is 3.57. The van der Waals surface area contributed by atoms with Crippen LogP contribution in [0, 0.1) is 13.8 Å². The summed E-state index contributed by atoms with van der Waals surface area (Å²) in [5.74, 6) is -0.117. The minimum Gasteiger partial charge on any atom is -0.286 e. The highest BCUT2D eigenvalue weighted by Gasteiger charge is 2.21. The molecule has 0 unspecified atom stereocenters. The first-order valence-corrected chi connectivity index (χ1v) is 5.86. The van der Waals surface area contributed by atoms with Crippen molar-refractivity contribution in [1.29, 1.82) is 0 Å². The summed E-state index contributed by atoms with van der Waals surface area (Å²) in [5.41, 5.74) is 1.15. The van der Waals surface area contributed by atoms with Crippen molar-refractivity contribution >= 4 is 28.7 Å². The van der Waals surface area contributed by atoms with Gasteiger partial charge in [-0.2, -0.15) is 5.10 Å². The third-order valence-electron chi connectivity index (χ3n) is 2.22. The van der Waals surface area contributed by atoms with Gasteiger partial charge in [-0.1, -0.05) is 11.6 Å². The molecule has 0 aliphatic heterocycles. The molecule has 0 aromatic carbocycles. The zero-order valence-corrected chi connectivity index (χ0v) is 10.7. The molecule has 0 saturated carbocycles. The van der Waals surface area contributed by atoms with Crippen molar-refractivity contribution < 1.29 is 4.79 Å². The Kier molecular flexibility index (Phi) is 2.82. The van der Waals surface area contributed by atoms with Gasteiger partial charge in [0.05, 0.1) is 26.8 Å². The molecule has 0 atom stereocenters. The van der Waals surface area contributed by atoms with E-state index in [9.17, 15) is 4.79 Å². The van der Waals surface area contributed by atoms with Crippen LogP contribution in [-0.2, 0) is 7.05 Å². The first-order chi connectivity index (χ1) is 7.50. The second kappa shape index (κ2) is 3.99. The van der Waals surface area contributed by atoms with Crippen LogP contribution in [0.25, 0.3) is 0 Å². The average molecular weight is 256 g/mol. The van der Waals surface area contributed by atoms with E-state index in [0.29, 0.717) is 15.6 Å². The molecule has 6 heteroatoms. The number of rotatable bonds is 2. The lowest BCUT2D eigenvalue weighted by atomic mass is 10.2. The molecule has 0 fully saturated rings. The number of aryl methyl sites for hydroxylation is 3. The number of carbonyl (C=O) groups excluding carboxylic acids is 1. The summed E-state index contributed by atoms with van der Waals surface area (Å²) in [6.45, 7) is 3.69. The largest absolute Gasteiger partial charge is 0.286 e. The Labute approximate surface area is 102 Å². The van der Waals surface area contributed by atoms with Gasteiger partial charge in [0, 0.05) is 7.05 Å². The first kappa shape index (κ1) is 11.3. The van der Waals surface area contributed by atoms with E-state index >= 15 is 0 Å². The normalized spacial score (nSPS) is 10.8. The molecule has 2 aromatic rings. The summed E-state index contributed by atoms with van der Waals surface area (Å²) < 4.78 is 1.49. The number of hydrogen-bond donors (Lipinski definition) is 0. The van der Waals surface area contributed by atoms with Crippen molar-refractivity contribution in [2.24, 2.45) is 7.05 Å². The van der Waals surface area contributed by atoms with Gasteiger partial charge in [-0.25, -0.2) is 4.98 Å². The van der Waals surface area contributed by atoms with Gasteiger partial charge < -0.3 is 0 Å². The molecule has 0 saturated heterocycles. The highest BCUT2D eigenvalue weighted by molar-refractivity contribution is 7.14. The van der Waals surface area contributed by atoms with E-state index in [-0.39, 0.29) is 5.78 Å². The predicted octanol–water partition coefficient (Wildman–Crippen LogP) is 2.38. The lowest BCUT2D eigenvalue weighted by Gasteiger charge is -2.00. The number of ketones is 1. The molecule has 0 spiro atoms. The zero-order chi connectivity index (χ0) is 11.9. The van der Waals surface area contributed by atoms with Crippen LogP contribution in [0.4, 0.5) is 0 Å². The number of carbonyl (C=O) groups is 1. The predicted molar refractivity (Wildman–Crippen MR) is 63.2 cm³/mol. The second-order valence-corrected chi connectivity index (χ2v) is 5.05. The third kappa shape index (κ3) is 1.76. The number of hydrogen-bond acceptors (Lipinski definition) is 4. The molecule has 2 aromatic heterocycles. The molecule has 0 amide bonds. The van der Waals surface area contributed by atoms with E-state index in [4.69, 9.17) is 11.6 Å². The van der Waals surface area contributed by atoms with Gasteiger partial charge in [-0.3, -0.25) is 9.48 Å². The zero-order valence-electron chi connectivity index (χ0n) is 9.11. The Morgan fingerprint density at radius 1 is 1.50 bits per heavy atom. The topological polar surface area (TPSA) is 47.8 Å². The van der Waals surface area contributed by atoms with Gasteiger partial charge in [0.15, 0.2) is 0 Å². The summed E-state index contributed by atoms with van der Waals surface area (Å²) in [5, 5.41) is 5.19. The van der Waals surface area contributed by atoms with Crippen LogP contribution in [0.5, 0.6) is 0 Å². The van der Waals surface area contributed by atoms with Gasteiger partial charge in [0.2, 0.25) is 5.78 Å². The minimum atomic E-state index is -0.117. The Hall–Kier alpha value is -1.20. The molecule has 2 rings (SSSR count). The van der Waals surface area contributed by atoms with E-state index in [0.717, 1.165) is 10.7 Å².